The molecule has 7 heavy (non-hydrogen) atoms. The maximum absolute atomic E-state index is 12.3. The molecule has 33 valence electrons. The predicted octanol–water partition coefficient (Wildman–Crippen LogP) is -1.02. The first-order chi connectivity index (χ1) is 3.39. The second kappa shape index (κ2) is 3.12. The molecule has 0 nitrogen and oxygen atoms in total. The second-order valence-corrected chi connectivity index (χ2v) is 16.1. The highest BCUT2D eigenvalue weighted by molar-refractivity contribution is 7.59. The Morgan fingerprint density at radius 2 is 2.29 bits per heavy atom. The highest BCUT2D eigenvalue weighted by Gasteiger charge is 2.16. The lowest BCUT2D eigenvalue weighted by molar-refractivity contribution is 0.862. The molecule has 0 spiro atoms. The number of halogens is 1. The van der Waals surface area contributed by atoms with E-state index >= 15 is 0 Å². The Morgan fingerprint density at radius 3 is 2.57 bits per heavy atom. The average Bonchev–Trinajstić information content (AvgIpc) is 1.69. The molecule has 0 aromatic heterocycles. The lowest BCUT2D eigenvalue weighted by atomic mass is 11.9. The summed E-state index contributed by atoms with van der Waals surface area (Å²) in [6.45, 7) is 0. The van der Waals surface area contributed by atoms with Crippen LogP contribution in [0.5, 0.6) is 0 Å². The van der Waals surface area contributed by atoms with Gasteiger partial charge in [0.15, 0.2) is 0 Å². The molecule has 1 heterocycles. The van der Waals surface area contributed by atoms with Crippen LogP contribution in [0, 0.1) is 0 Å². The molecule has 1 aliphatic heterocycles. The molecular formula is CH2FSi5. The van der Waals surface area contributed by atoms with Gasteiger partial charge >= 0.3 is 0 Å². The van der Waals surface area contributed by atoms with E-state index in [1.165, 1.54) is 0 Å². The van der Waals surface area contributed by atoms with Crippen LogP contribution >= 0.6 is 0 Å². The van der Waals surface area contributed by atoms with Crippen LogP contribution in [-0.4, -0.2) is 43.3 Å². The smallest absolute Gasteiger partial charge is 0.241 e. The van der Waals surface area contributed by atoms with Crippen molar-refractivity contribution in [3.63, 3.8) is 0 Å². The molecule has 0 bridgehead atoms. The third-order valence-electron chi connectivity index (χ3n) is 0.593. The van der Waals surface area contributed by atoms with E-state index < -0.39 is 8.65 Å². The van der Waals surface area contributed by atoms with Gasteiger partial charge in [-0.1, -0.05) is 0 Å². The van der Waals surface area contributed by atoms with E-state index in [1.807, 2.05) is 0 Å². The first kappa shape index (κ1) is 6.14. The van der Waals surface area contributed by atoms with Crippen molar-refractivity contribution < 1.29 is 4.11 Å². The Balaban J connectivity index is 2.12. The summed E-state index contributed by atoms with van der Waals surface area (Å²) in [5.41, 5.74) is 0.981. The van der Waals surface area contributed by atoms with Gasteiger partial charge < -0.3 is 4.11 Å². The van der Waals surface area contributed by atoms with E-state index in [0.717, 1.165) is 40.4 Å². The Labute approximate surface area is 53.5 Å². The molecule has 6 heteroatoms. The van der Waals surface area contributed by atoms with Gasteiger partial charge in [0.05, 0.1) is 8.55 Å². The van der Waals surface area contributed by atoms with Crippen molar-refractivity contribution in [3.8, 4) is 0 Å². The van der Waals surface area contributed by atoms with Crippen molar-refractivity contribution in [1.82, 2.24) is 0 Å². The van der Waals surface area contributed by atoms with E-state index in [4.69, 9.17) is 0 Å². The third kappa shape index (κ3) is 2.17. The number of rotatable bonds is 0. The SMILES string of the molecule is F[Si]1C[Si][Si][Si][Si]1. The van der Waals surface area contributed by atoms with Crippen molar-refractivity contribution in [2.24, 2.45) is 0 Å². The molecule has 1 saturated heterocycles. The van der Waals surface area contributed by atoms with Crippen molar-refractivity contribution in [3.05, 3.63) is 0 Å². The molecule has 0 N–H and O–H groups in total. The van der Waals surface area contributed by atoms with Gasteiger partial charge in [-0.25, -0.2) is 0 Å². The van der Waals surface area contributed by atoms with Gasteiger partial charge in [-0.15, -0.1) is 0 Å². The minimum Gasteiger partial charge on any atom is -0.320 e. The Hall–Kier alpha value is 1.01. The third-order valence-corrected chi connectivity index (χ3v) is 21.5. The number of hydrogen-bond donors (Lipinski definition) is 0. The Morgan fingerprint density at radius 1 is 1.43 bits per heavy atom. The Kier molecular flexibility index (Phi) is 2.74. The van der Waals surface area contributed by atoms with Crippen LogP contribution in [0.3, 0.4) is 0 Å². The fourth-order valence-electron chi connectivity index (χ4n) is 0.309. The summed E-state index contributed by atoms with van der Waals surface area (Å²) in [5, 5.41) is 0. The fourth-order valence-corrected chi connectivity index (χ4v) is 28.3. The molecule has 0 aliphatic carbocycles. The van der Waals surface area contributed by atoms with Crippen LogP contribution in [0.25, 0.3) is 0 Å². The lowest BCUT2D eigenvalue weighted by Crippen LogP contribution is -2.37. The summed E-state index contributed by atoms with van der Waals surface area (Å²) in [7, 11) is 2.68. The molecule has 0 aromatic rings. The maximum atomic E-state index is 12.3. The quantitative estimate of drug-likeness (QED) is 0.325. The van der Waals surface area contributed by atoms with Gasteiger partial charge in [0.1, 0.15) is 0 Å². The normalized spacial score (nSPS) is 25.3. The average molecular weight is 173 g/mol. The van der Waals surface area contributed by atoms with Crippen molar-refractivity contribution in [2.45, 2.75) is 5.67 Å². The summed E-state index contributed by atoms with van der Waals surface area (Å²) in [6.07, 6.45) is 0. The molecule has 0 aromatic carbocycles. The van der Waals surface area contributed by atoms with Gasteiger partial charge in [0.25, 0.3) is 0 Å². The molecular weight excluding hydrogens is 171 g/mol. The lowest BCUT2D eigenvalue weighted by Gasteiger charge is -2.06. The van der Waals surface area contributed by atoms with Crippen LogP contribution in [0.2, 0.25) is 5.67 Å². The highest BCUT2D eigenvalue weighted by atomic mass is 29.8. The molecule has 1 aliphatic rings. The molecule has 0 saturated carbocycles. The van der Waals surface area contributed by atoms with Gasteiger partial charge in [-0.2, -0.15) is 0 Å². The number of hydrogen-bond acceptors (Lipinski definition) is 0. The van der Waals surface area contributed by atoms with Crippen molar-refractivity contribution in [1.29, 1.82) is 0 Å². The summed E-state index contributed by atoms with van der Waals surface area (Å²) < 4.78 is 12.3. The second-order valence-electron chi connectivity index (χ2n) is 1.13. The highest BCUT2D eigenvalue weighted by Crippen LogP contribution is 1.91. The maximum Gasteiger partial charge on any atom is 0.241 e. The molecule has 1 fully saturated rings. The Bertz CT molecular complexity index is 50.0. The van der Waals surface area contributed by atoms with Crippen LogP contribution in [0.15, 0.2) is 0 Å². The zero-order chi connectivity index (χ0) is 5.11. The standard InChI is InChI=1S/CH2FSi5/c2-7-1-3-4-5-6-7/h1H2. The van der Waals surface area contributed by atoms with E-state index in [-0.39, 0.29) is 0 Å². The molecule has 9 radical (unpaired) electrons. The minimum absolute atomic E-state index is 0.758. The fraction of sp³-hybridized carbons (Fsp3) is 1.00. The largest absolute Gasteiger partial charge is 0.320 e. The van der Waals surface area contributed by atoms with E-state index in [2.05, 4.69) is 0 Å². The summed E-state index contributed by atoms with van der Waals surface area (Å²) in [6, 6.07) is 0. The van der Waals surface area contributed by atoms with E-state index in [0.29, 0.717) is 0 Å². The predicted molar refractivity (Wildman–Crippen MR) is 34.7 cm³/mol. The summed E-state index contributed by atoms with van der Waals surface area (Å²) in [4.78, 5) is 0. The van der Waals surface area contributed by atoms with Crippen LogP contribution in [-0.2, 0) is 0 Å². The minimum atomic E-state index is -1.23. The van der Waals surface area contributed by atoms with Gasteiger partial charge in [-0.05, 0) is 5.67 Å². The molecule has 0 unspecified atom stereocenters. The van der Waals surface area contributed by atoms with Crippen LogP contribution in [0.1, 0.15) is 0 Å². The molecule has 0 atom stereocenters. The zero-order valence-corrected chi connectivity index (χ0v) is 8.59. The van der Waals surface area contributed by atoms with Crippen LogP contribution < -0.4 is 0 Å². The molecule has 1 rings (SSSR count). The van der Waals surface area contributed by atoms with Gasteiger partial charge in [-0.3, -0.25) is 0 Å². The van der Waals surface area contributed by atoms with E-state index in [1.54, 1.807) is 0 Å². The van der Waals surface area contributed by atoms with Gasteiger partial charge in [0, 0.05) is 26.1 Å². The first-order valence-electron chi connectivity index (χ1n) is 1.90. The topological polar surface area (TPSA) is 0 Å². The van der Waals surface area contributed by atoms with Crippen molar-refractivity contribution in [2.75, 3.05) is 0 Å². The summed E-state index contributed by atoms with van der Waals surface area (Å²) >= 11 is 0. The van der Waals surface area contributed by atoms with Crippen LogP contribution in [0.4, 0.5) is 4.11 Å². The monoisotopic (exact) mass is 173 g/mol. The van der Waals surface area contributed by atoms with Gasteiger partial charge in [0.2, 0.25) is 8.65 Å². The zero-order valence-electron chi connectivity index (χ0n) is 3.59. The molecule has 0 amide bonds. The summed E-state index contributed by atoms with van der Waals surface area (Å²) in [5.74, 6) is 0. The first-order valence-corrected chi connectivity index (χ1v) is 11.7. The van der Waals surface area contributed by atoms with Crippen molar-refractivity contribution >= 4 is 43.3 Å². The van der Waals surface area contributed by atoms with E-state index in [9.17, 15) is 4.11 Å².